The van der Waals surface area contributed by atoms with Gasteiger partial charge in [-0.3, -0.25) is 0 Å². The number of rotatable bonds is 3. The molecule has 1 aromatic rings. The second kappa shape index (κ2) is 4.74. The standard InChI is InChI=1S/C13H20N2O/c1-9(2)15-7-10-5-11-3-4-12(14)6-13(11)16-8-10/h3-4,6,9-10,15H,5,7-8,14H2,1-2H3. The molecule has 0 saturated carbocycles. The molecule has 3 N–H and O–H groups in total. The third-order valence-electron chi connectivity index (χ3n) is 2.89. The van der Waals surface area contributed by atoms with Crippen LogP contribution in [0.1, 0.15) is 19.4 Å². The van der Waals surface area contributed by atoms with Crippen LogP contribution in [0.15, 0.2) is 18.2 Å². The summed E-state index contributed by atoms with van der Waals surface area (Å²) in [5, 5.41) is 3.45. The summed E-state index contributed by atoms with van der Waals surface area (Å²) in [6.45, 7) is 6.13. The van der Waals surface area contributed by atoms with Crippen molar-refractivity contribution >= 4 is 5.69 Å². The van der Waals surface area contributed by atoms with E-state index in [1.165, 1.54) is 5.56 Å². The number of anilines is 1. The van der Waals surface area contributed by atoms with Crippen molar-refractivity contribution in [3.8, 4) is 5.75 Å². The van der Waals surface area contributed by atoms with Crippen LogP contribution in [0.2, 0.25) is 0 Å². The van der Waals surface area contributed by atoms with Crippen molar-refractivity contribution in [2.45, 2.75) is 26.3 Å². The molecule has 1 unspecified atom stereocenters. The van der Waals surface area contributed by atoms with E-state index in [4.69, 9.17) is 10.5 Å². The maximum atomic E-state index is 5.73. The van der Waals surface area contributed by atoms with Crippen LogP contribution in [0, 0.1) is 5.92 Å². The van der Waals surface area contributed by atoms with Gasteiger partial charge in [0.1, 0.15) is 5.75 Å². The van der Waals surface area contributed by atoms with E-state index >= 15 is 0 Å². The average molecular weight is 220 g/mol. The topological polar surface area (TPSA) is 47.3 Å². The Hall–Kier alpha value is -1.22. The lowest BCUT2D eigenvalue weighted by Gasteiger charge is -2.26. The second-order valence-electron chi connectivity index (χ2n) is 4.81. The van der Waals surface area contributed by atoms with E-state index in [-0.39, 0.29) is 0 Å². The summed E-state index contributed by atoms with van der Waals surface area (Å²) in [6.07, 6.45) is 1.08. The minimum Gasteiger partial charge on any atom is -0.493 e. The maximum absolute atomic E-state index is 5.73. The first-order valence-electron chi connectivity index (χ1n) is 5.89. The van der Waals surface area contributed by atoms with E-state index in [0.29, 0.717) is 12.0 Å². The Morgan fingerprint density at radius 1 is 1.50 bits per heavy atom. The highest BCUT2D eigenvalue weighted by atomic mass is 16.5. The molecule has 2 rings (SSSR count). The second-order valence-corrected chi connectivity index (χ2v) is 4.81. The van der Waals surface area contributed by atoms with Crippen molar-refractivity contribution < 1.29 is 4.74 Å². The van der Waals surface area contributed by atoms with E-state index in [0.717, 1.165) is 31.0 Å². The highest BCUT2D eigenvalue weighted by Crippen LogP contribution is 2.28. The molecule has 0 bridgehead atoms. The summed E-state index contributed by atoms with van der Waals surface area (Å²) < 4.78 is 5.73. The molecule has 1 aliphatic rings. The fourth-order valence-corrected chi connectivity index (χ4v) is 1.99. The third kappa shape index (κ3) is 2.67. The molecule has 0 aromatic heterocycles. The Morgan fingerprint density at radius 2 is 2.31 bits per heavy atom. The predicted octanol–water partition coefficient (Wildman–Crippen LogP) is 1.82. The molecule has 0 aliphatic carbocycles. The first-order valence-corrected chi connectivity index (χ1v) is 5.89. The van der Waals surface area contributed by atoms with Crippen molar-refractivity contribution in [2.75, 3.05) is 18.9 Å². The molecule has 1 aliphatic heterocycles. The number of nitrogen functional groups attached to an aromatic ring is 1. The van der Waals surface area contributed by atoms with Gasteiger partial charge < -0.3 is 15.8 Å². The third-order valence-corrected chi connectivity index (χ3v) is 2.89. The lowest BCUT2D eigenvalue weighted by atomic mass is 9.96. The van der Waals surface area contributed by atoms with Crippen molar-refractivity contribution in [1.29, 1.82) is 0 Å². The summed E-state index contributed by atoms with van der Waals surface area (Å²) in [5.41, 5.74) is 7.77. The maximum Gasteiger partial charge on any atom is 0.124 e. The van der Waals surface area contributed by atoms with Crippen molar-refractivity contribution in [3.05, 3.63) is 23.8 Å². The van der Waals surface area contributed by atoms with E-state index in [1.54, 1.807) is 0 Å². The van der Waals surface area contributed by atoms with Crippen LogP contribution in [0.4, 0.5) is 5.69 Å². The Bertz CT molecular complexity index is 363. The summed E-state index contributed by atoms with van der Waals surface area (Å²) in [6, 6.07) is 6.47. The smallest absolute Gasteiger partial charge is 0.124 e. The number of benzene rings is 1. The van der Waals surface area contributed by atoms with Crippen LogP contribution in [0.3, 0.4) is 0 Å². The Balaban J connectivity index is 1.98. The molecule has 3 heteroatoms. The fraction of sp³-hybridized carbons (Fsp3) is 0.538. The van der Waals surface area contributed by atoms with Gasteiger partial charge in [0.15, 0.2) is 0 Å². The minimum absolute atomic E-state index is 0.535. The van der Waals surface area contributed by atoms with Crippen LogP contribution in [0.5, 0.6) is 5.75 Å². The Morgan fingerprint density at radius 3 is 3.06 bits per heavy atom. The van der Waals surface area contributed by atoms with Gasteiger partial charge in [0.05, 0.1) is 6.61 Å². The quantitative estimate of drug-likeness (QED) is 0.764. The highest BCUT2D eigenvalue weighted by molar-refractivity contribution is 5.49. The summed E-state index contributed by atoms with van der Waals surface area (Å²) in [5.74, 6) is 1.53. The molecule has 1 heterocycles. The molecule has 0 radical (unpaired) electrons. The number of hydrogen-bond acceptors (Lipinski definition) is 3. The van der Waals surface area contributed by atoms with Gasteiger partial charge >= 0.3 is 0 Å². The van der Waals surface area contributed by atoms with Gasteiger partial charge in [0, 0.05) is 30.3 Å². The van der Waals surface area contributed by atoms with Crippen LogP contribution >= 0.6 is 0 Å². The first-order chi connectivity index (χ1) is 7.65. The predicted molar refractivity (Wildman–Crippen MR) is 66.7 cm³/mol. The Kier molecular flexibility index (Phi) is 3.34. The van der Waals surface area contributed by atoms with E-state index in [2.05, 4.69) is 25.2 Å². The molecule has 0 saturated heterocycles. The van der Waals surface area contributed by atoms with Crippen LogP contribution in [0.25, 0.3) is 0 Å². The molecule has 0 spiro atoms. The average Bonchev–Trinajstić information content (AvgIpc) is 2.26. The zero-order chi connectivity index (χ0) is 11.5. The molecule has 88 valence electrons. The van der Waals surface area contributed by atoms with Gasteiger partial charge in [0.25, 0.3) is 0 Å². The lowest BCUT2D eigenvalue weighted by Crippen LogP contribution is -2.34. The number of ether oxygens (including phenoxy) is 1. The summed E-state index contributed by atoms with van der Waals surface area (Å²) >= 11 is 0. The van der Waals surface area contributed by atoms with Gasteiger partial charge in [-0.2, -0.15) is 0 Å². The molecule has 0 fully saturated rings. The minimum atomic E-state index is 0.535. The fourth-order valence-electron chi connectivity index (χ4n) is 1.99. The van der Waals surface area contributed by atoms with Gasteiger partial charge in [-0.25, -0.2) is 0 Å². The summed E-state index contributed by atoms with van der Waals surface area (Å²) in [4.78, 5) is 0. The summed E-state index contributed by atoms with van der Waals surface area (Å²) in [7, 11) is 0. The number of nitrogens with one attached hydrogen (secondary N) is 1. The highest BCUT2D eigenvalue weighted by Gasteiger charge is 2.19. The zero-order valence-corrected chi connectivity index (χ0v) is 9.99. The SMILES string of the molecule is CC(C)NCC1COc2cc(N)ccc2C1. The number of fused-ring (bicyclic) bond motifs is 1. The van der Waals surface area contributed by atoms with Crippen molar-refractivity contribution in [1.82, 2.24) is 5.32 Å². The van der Waals surface area contributed by atoms with Gasteiger partial charge in [0.2, 0.25) is 0 Å². The largest absolute Gasteiger partial charge is 0.493 e. The lowest BCUT2D eigenvalue weighted by molar-refractivity contribution is 0.216. The number of nitrogens with two attached hydrogens (primary N) is 1. The van der Waals surface area contributed by atoms with E-state index < -0.39 is 0 Å². The van der Waals surface area contributed by atoms with Crippen LogP contribution < -0.4 is 15.8 Å². The first kappa shape index (κ1) is 11.3. The van der Waals surface area contributed by atoms with Crippen LogP contribution in [-0.4, -0.2) is 19.2 Å². The monoisotopic (exact) mass is 220 g/mol. The van der Waals surface area contributed by atoms with E-state index in [1.807, 2.05) is 12.1 Å². The zero-order valence-electron chi connectivity index (χ0n) is 9.99. The molecule has 0 amide bonds. The van der Waals surface area contributed by atoms with Crippen LogP contribution in [-0.2, 0) is 6.42 Å². The van der Waals surface area contributed by atoms with Gasteiger partial charge in [-0.15, -0.1) is 0 Å². The van der Waals surface area contributed by atoms with E-state index in [9.17, 15) is 0 Å². The van der Waals surface area contributed by atoms with Gasteiger partial charge in [-0.05, 0) is 18.1 Å². The molecular weight excluding hydrogens is 200 g/mol. The number of hydrogen-bond donors (Lipinski definition) is 2. The normalized spacial score (nSPS) is 19.3. The van der Waals surface area contributed by atoms with Gasteiger partial charge in [-0.1, -0.05) is 19.9 Å². The molecular formula is C13H20N2O. The molecule has 1 aromatic carbocycles. The Labute approximate surface area is 97.0 Å². The molecule has 3 nitrogen and oxygen atoms in total. The van der Waals surface area contributed by atoms with Crippen molar-refractivity contribution in [3.63, 3.8) is 0 Å². The molecule has 16 heavy (non-hydrogen) atoms. The van der Waals surface area contributed by atoms with Crippen molar-refractivity contribution in [2.24, 2.45) is 5.92 Å². The molecule has 1 atom stereocenters.